The summed E-state index contributed by atoms with van der Waals surface area (Å²) >= 11 is 19.8. The molecule has 2 heterocycles. The number of halogens is 3. The van der Waals surface area contributed by atoms with Gasteiger partial charge in [-0.1, -0.05) is 66.2 Å². The Kier molecular flexibility index (Phi) is 8.28. The fraction of sp³-hybridized carbons (Fsp3) is 0.148. The van der Waals surface area contributed by atoms with E-state index in [9.17, 15) is 0 Å². The minimum atomic E-state index is 0.563. The van der Waals surface area contributed by atoms with Gasteiger partial charge in [-0.15, -0.1) is 11.8 Å². The number of rotatable bonds is 9. The second kappa shape index (κ2) is 11.4. The van der Waals surface area contributed by atoms with Crippen molar-refractivity contribution in [1.29, 1.82) is 0 Å². The average Bonchev–Trinajstić information content (AvgIpc) is 3.31. The van der Waals surface area contributed by atoms with Crippen LogP contribution >= 0.6 is 46.6 Å². The van der Waals surface area contributed by atoms with Gasteiger partial charge in [-0.2, -0.15) is 5.10 Å². The highest BCUT2D eigenvalue weighted by atomic mass is 35.5. The number of allylic oxidation sites excluding steroid dienone is 3. The molecule has 3 nitrogen and oxygen atoms in total. The Morgan fingerprint density at radius 2 is 1.76 bits per heavy atom. The van der Waals surface area contributed by atoms with E-state index in [1.165, 1.54) is 11.1 Å². The van der Waals surface area contributed by atoms with Crippen LogP contribution in [0.2, 0.25) is 15.1 Å². The summed E-state index contributed by atoms with van der Waals surface area (Å²) in [5, 5.41) is 12.8. The van der Waals surface area contributed by atoms with E-state index >= 15 is 0 Å². The molecule has 0 atom stereocenters. The van der Waals surface area contributed by atoms with Crippen molar-refractivity contribution in [3.8, 4) is 0 Å². The van der Waals surface area contributed by atoms with E-state index in [0.717, 1.165) is 56.7 Å². The summed E-state index contributed by atoms with van der Waals surface area (Å²) in [5.74, 6) is 0.799. The lowest BCUT2D eigenvalue weighted by molar-refractivity contribution is 0.891. The zero-order chi connectivity index (χ0) is 24.1. The molecule has 0 aliphatic carbocycles. The molecule has 0 spiro atoms. The molecule has 1 aromatic heterocycles. The number of nitrogens with one attached hydrogen (secondary N) is 2. The fourth-order valence-corrected chi connectivity index (χ4v) is 4.87. The molecule has 0 bridgehead atoms. The number of benzene rings is 2. The van der Waals surface area contributed by atoms with Crippen molar-refractivity contribution in [3.05, 3.63) is 123 Å². The number of hydrogen-bond donors (Lipinski definition) is 2. The highest BCUT2D eigenvalue weighted by molar-refractivity contribution is 7.99. The number of aryl methyl sites for hydroxylation is 2. The monoisotopic (exact) mass is 527 g/mol. The second-order valence-corrected chi connectivity index (χ2v) is 10.4. The summed E-state index contributed by atoms with van der Waals surface area (Å²) in [5.41, 5.74) is 7.32. The first-order chi connectivity index (χ1) is 16.4. The molecule has 0 unspecified atom stereocenters. The number of aromatic amines is 1. The van der Waals surface area contributed by atoms with Crippen molar-refractivity contribution in [2.45, 2.75) is 24.2 Å². The number of dihydropyridines is 1. The quantitative estimate of drug-likeness (QED) is 0.275. The molecule has 0 saturated heterocycles. The van der Waals surface area contributed by atoms with E-state index in [0.29, 0.717) is 16.5 Å². The largest absolute Gasteiger partial charge is 0.362 e. The highest BCUT2D eigenvalue weighted by Gasteiger charge is 2.14. The molecule has 1 aliphatic rings. The van der Waals surface area contributed by atoms with Crippen LogP contribution in [0.15, 0.2) is 95.7 Å². The molecule has 0 fully saturated rings. The summed E-state index contributed by atoms with van der Waals surface area (Å²) in [7, 11) is 0. The summed E-state index contributed by atoms with van der Waals surface area (Å²) in [6.07, 6.45) is 6.60. The first-order valence-electron chi connectivity index (χ1n) is 10.8. The number of H-pyrrole nitrogens is 1. The molecule has 34 heavy (non-hydrogen) atoms. The summed E-state index contributed by atoms with van der Waals surface area (Å²) in [4.78, 5) is 1.07. The Hall–Kier alpha value is -2.37. The van der Waals surface area contributed by atoms with E-state index < -0.39 is 0 Å². The van der Waals surface area contributed by atoms with Crippen molar-refractivity contribution in [3.63, 3.8) is 0 Å². The van der Waals surface area contributed by atoms with Gasteiger partial charge in [-0.3, -0.25) is 5.10 Å². The minimum Gasteiger partial charge on any atom is -0.362 e. The molecule has 0 amide bonds. The maximum absolute atomic E-state index is 6.13. The number of aromatic nitrogens is 2. The maximum Gasteiger partial charge on any atom is 0.0631 e. The number of nitrogens with zero attached hydrogens (tertiary/aromatic N) is 1. The average molecular weight is 529 g/mol. The van der Waals surface area contributed by atoms with Crippen molar-refractivity contribution in [2.24, 2.45) is 0 Å². The first-order valence-corrected chi connectivity index (χ1v) is 12.9. The number of thioether (sulfide) groups is 1. The van der Waals surface area contributed by atoms with Crippen LogP contribution in [0.25, 0.3) is 5.57 Å². The normalized spacial score (nSPS) is 13.3. The smallest absolute Gasteiger partial charge is 0.0631 e. The van der Waals surface area contributed by atoms with Crippen molar-refractivity contribution >= 4 is 52.1 Å². The van der Waals surface area contributed by atoms with Gasteiger partial charge in [0.05, 0.1) is 21.4 Å². The zero-order valence-corrected chi connectivity index (χ0v) is 21.6. The SMILES string of the molecule is C=C1NC=C(CSc2ccc(Cl)c(Cl)c2)C=C1CC(=C)c1cc(CCc2ccc(Cl)cc2)n[nH]1. The van der Waals surface area contributed by atoms with Crippen LogP contribution in [-0.4, -0.2) is 16.0 Å². The minimum absolute atomic E-state index is 0.563. The van der Waals surface area contributed by atoms with Crippen molar-refractivity contribution in [2.75, 3.05) is 5.75 Å². The lowest BCUT2D eigenvalue weighted by atomic mass is 9.98. The van der Waals surface area contributed by atoms with Crippen molar-refractivity contribution in [1.82, 2.24) is 15.5 Å². The van der Waals surface area contributed by atoms with Crippen LogP contribution in [0.5, 0.6) is 0 Å². The summed E-state index contributed by atoms with van der Waals surface area (Å²) < 4.78 is 0. The van der Waals surface area contributed by atoms with Gasteiger partial charge in [0.2, 0.25) is 0 Å². The van der Waals surface area contributed by atoms with Crippen LogP contribution in [0.3, 0.4) is 0 Å². The van der Waals surface area contributed by atoms with Gasteiger partial charge in [0.1, 0.15) is 0 Å². The first kappa shape index (κ1) is 24.7. The molecule has 0 radical (unpaired) electrons. The molecule has 174 valence electrons. The summed E-state index contributed by atoms with van der Waals surface area (Å²) in [6, 6.07) is 15.7. The van der Waals surface area contributed by atoms with Gasteiger partial charge in [0.25, 0.3) is 0 Å². The third-order valence-electron chi connectivity index (χ3n) is 5.47. The van der Waals surface area contributed by atoms with Crippen LogP contribution < -0.4 is 5.32 Å². The second-order valence-electron chi connectivity index (χ2n) is 8.06. The molecular formula is C27H24Cl3N3S. The third kappa shape index (κ3) is 6.61. The highest BCUT2D eigenvalue weighted by Crippen LogP contribution is 2.31. The predicted molar refractivity (Wildman–Crippen MR) is 147 cm³/mol. The molecule has 1 aliphatic heterocycles. The third-order valence-corrected chi connectivity index (χ3v) is 7.53. The van der Waals surface area contributed by atoms with Crippen LogP contribution in [-0.2, 0) is 12.8 Å². The molecule has 4 rings (SSSR count). The molecule has 2 N–H and O–H groups in total. The van der Waals surface area contributed by atoms with E-state index in [4.69, 9.17) is 34.8 Å². The van der Waals surface area contributed by atoms with E-state index in [1.807, 2.05) is 48.7 Å². The van der Waals surface area contributed by atoms with Crippen molar-refractivity contribution < 1.29 is 0 Å². The van der Waals surface area contributed by atoms with E-state index in [1.54, 1.807) is 11.8 Å². The van der Waals surface area contributed by atoms with Crippen LogP contribution in [0, 0.1) is 0 Å². The van der Waals surface area contributed by atoms with Gasteiger partial charge < -0.3 is 5.32 Å². The summed E-state index contributed by atoms with van der Waals surface area (Å²) in [6.45, 7) is 8.44. The Labute approximate surface area is 219 Å². The molecule has 0 saturated carbocycles. The lowest BCUT2D eigenvalue weighted by Gasteiger charge is -2.18. The number of hydrogen-bond acceptors (Lipinski definition) is 3. The fourth-order valence-electron chi connectivity index (χ4n) is 3.52. The maximum atomic E-state index is 6.13. The Morgan fingerprint density at radius 1 is 0.971 bits per heavy atom. The topological polar surface area (TPSA) is 40.7 Å². The van der Waals surface area contributed by atoms with E-state index in [-0.39, 0.29) is 0 Å². The Morgan fingerprint density at radius 3 is 2.53 bits per heavy atom. The van der Waals surface area contributed by atoms with Gasteiger partial charge in [0.15, 0.2) is 0 Å². The van der Waals surface area contributed by atoms with Gasteiger partial charge in [-0.05, 0) is 71.5 Å². The Balaban J connectivity index is 1.34. The van der Waals surface area contributed by atoms with E-state index in [2.05, 4.69) is 40.8 Å². The molecular weight excluding hydrogens is 505 g/mol. The van der Waals surface area contributed by atoms with Crippen LogP contribution in [0.1, 0.15) is 23.4 Å². The molecule has 7 heteroatoms. The predicted octanol–water partition coefficient (Wildman–Crippen LogP) is 8.28. The standard InChI is InChI=1S/C27H24Cl3N3S/c1-17(27-13-23(32-33-27)8-5-19-3-6-22(28)7-4-19)11-21-12-20(15-31-18(21)2)16-34-24-9-10-25(29)26(30)14-24/h3-4,6-7,9-10,12-15,31H,1-2,5,8,11,16H2,(H,32,33). The van der Waals surface area contributed by atoms with Gasteiger partial charge in [-0.25, -0.2) is 0 Å². The lowest BCUT2D eigenvalue weighted by Crippen LogP contribution is -2.13. The molecule has 2 aromatic carbocycles. The molecule has 3 aromatic rings. The zero-order valence-electron chi connectivity index (χ0n) is 18.5. The van der Waals surface area contributed by atoms with Gasteiger partial charge >= 0.3 is 0 Å². The van der Waals surface area contributed by atoms with Crippen LogP contribution in [0.4, 0.5) is 0 Å². The Bertz CT molecular complexity index is 1270. The van der Waals surface area contributed by atoms with Gasteiger partial charge in [0, 0.05) is 34.0 Å².